The fraction of sp³-hybridized carbons (Fsp3) is 0.250. The van der Waals surface area contributed by atoms with Crippen molar-refractivity contribution in [1.82, 2.24) is 5.32 Å². The molecule has 2 N–H and O–H groups in total. The Morgan fingerprint density at radius 2 is 2.18 bits per heavy atom. The first-order chi connectivity index (χ1) is 8.16. The van der Waals surface area contributed by atoms with Crippen LogP contribution in [0.4, 0.5) is 0 Å². The van der Waals surface area contributed by atoms with Gasteiger partial charge in [-0.05, 0) is 34.9 Å². The number of hydrogen-bond donors (Lipinski definition) is 2. The lowest BCUT2D eigenvalue weighted by Crippen LogP contribution is -2.11. The first kappa shape index (κ1) is 12.3. The molecule has 0 saturated carbocycles. The van der Waals surface area contributed by atoms with Crippen LogP contribution >= 0.6 is 22.7 Å². The van der Waals surface area contributed by atoms with Gasteiger partial charge in [0.1, 0.15) is 0 Å². The summed E-state index contributed by atoms with van der Waals surface area (Å²) in [7, 11) is 0. The van der Waals surface area contributed by atoms with E-state index in [1.54, 1.807) is 22.8 Å². The van der Waals surface area contributed by atoms with E-state index in [1.807, 2.05) is 0 Å². The van der Waals surface area contributed by atoms with Crippen LogP contribution in [0.25, 0.3) is 0 Å². The van der Waals surface area contributed by atoms with Crippen LogP contribution in [0.3, 0.4) is 0 Å². The Bertz CT molecular complexity index is 516. The summed E-state index contributed by atoms with van der Waals surface area (Å²) in [6, 6.07) is 1.72. The molecular weight excluding hydrogens is 254 g/mol. The number of hydrogen-bond acceptors (Lipinski definition) is 4. The van der Waals surface area contributed by atoms with Crippen LogP contribution in [0.1, 0.15) is 26.4 Å². The van der Waals surface area contributed by atoms with Gasteiger partial charge in [0.25, 0.3) is 0 Å². The second-order valence-electron chi connectivity index (χ2n) is 3.79. The lowest BCUT2D eigenvalue weighted by Gasteiger charge is -2.02. The number of carbonyl (C=O) groups is 1. The molecule has 0 unspecified atom stereocenters. The molecular formula is C12H13NO2S2. The number of aryl methyl sites for hydroxylation is 1. The van der Waals surface area contributed by atoms with Crippen LogP contribution in [0.5, 0.6) is 0 Å². The van der Waals surface area contributed by atoms with Crippen molar-refractivity contribution in [2.75, 3.05) is 0 Å². The SMILES string of the molecule is Cc1cscc1CNCc1cc(C(=O)O)cs1. The first-order valence-corrected chi connectivity index (χ1v) is 7.02. The average Bonchev–Trinajstić information content (AvgIpc) is 2.89. The highest BCUT2D eigenvalue weighted by Crippen LogP contribution is 2.16. The predicted octanol–water partition coefficient (Wildman–Crippen LogP) is 3.11. The van der Waals surface area contributed by atoms with Crippen LogP contribution in [-0.2, 0) is 13.1 Å². The van der Waals surface area contributed by atoms with E-state index >= 15 is 0 Å². The van der Waals surface area contributed by atoms with Gasteiger partial charge < -0.3 is 10.4 Å². The lowest BCUT2D eigenvalue weighted by atomic mass is 10.2. The zero-order valence-electron chi connectivity index (χ0n) is 9.40. The molecule has 0 aliphatic rings. The van der Waals surface area contributed by atoms with Crippen molar-refractivity contribution in [3.63, 3.8) is 0 Å². The van der Waals surface area contributed by atoms with Gasteiger partial charge in [0.05, 0.1) is 5.56 Å². The Morgan fingerprint density at radius 3 is 2.76 bits per heavy atom. The Kier molecular flexibility index (Phi) is 3.93. The Morgan fingerprint density at radius 1 is 1.35 bits per heavy atom. The van der Waals surface area contributed by atoms with Crippen LogP contribution in [0.2, 0.25) is 0 Å². The van der Waals surface area contributed by atoms with Gasteiger partial charge in [0, 0.05) is 23.3 Å². The molecule has 0 aliphatic heterocycles. The van der Waals surface area contributed by atoms with Gasteiger partial charge in [0.15, 0.2) is 0 Å². The molecule has 90 valence electrons. The highest BCUT2D eigenvalue weighted by molar-refractivity contribution is 7.10. The molecule has 0 saturated heterocycles. The van der Waals surface area contributed by atoms with Gasteiger partial charge in [0.2, 0.25) is 0 Å². The molecule has 2 rings (SSSR count). The third-order valence-corrected chi connectivity index (χ3v) is 4.32. The van der Waals surface area contributed by atoms with Crippen molar-refractivity contribution < 1.29 is 9.90 Å². The quantitative estimate of drug-likeness (QED) is 0.875. The second-order valence-corrected chi connectivity index (χ2v) is 5.53. The number of carboxylic acid groups (broad SMARTS) is 1. The fourth-order valence-corrected chi connectivity index (χ4v) is 3.16. The van der Waals surface area contributed by atoms with Crippen molar-refractivity contribution in [1.29, 1.82) is 0 Å². The van der Waals surface area contributed by atoms with E-state index in [-0.39, 0.29) is 0 Å². The van der Waals surface area contributed by atoms with E-state index in [9.17, 15) is 4.79 Å². The number of aromatic carboxylic acids is 1. The van der Waals surface area contributed by atoms with Gasteiger partial charge in [-0.2, -0.15) is 11.3 Å². The zero-order chi connectivity index (χ0) is 12.3. The average molecular weight is 267 g/mol. The summed E-state index contributed by atoms with van der Waals surface area (Å²) in [6.07, 6.45) is 0. The zero-order valence-corrected chi connectivity index (χ0v) is 11.0. The minimum Gasteiger partial charge on any atom is -0.478 e. The third-order valence-electron chi connectivity index (χ3n) is 2.48. The number of carboxylic acids is 1. The maximum Gasteiger partial charge on any atom is 0.336 e. The molecule has 0 aromatic carbocycles. The molecule has 0 atom stereocenters. The largest absolute Gasteiger partial charge is 0.478 e. The molecule has 2 heterocycles. The second kappa shape index (κ2) is 5.44. The van der Waals surface area contributed by atoms with E-state index in [1.165, 1.54) is 22.5 Å². The summed E-state index contributed by atoms with van der Waals surface area (Å²) in [5, 5.41) is 18.1. The van der Waals surface area contributed by atoms with E-state index in [2.05, 4.69) is 23.0 Å². The van der Waals surface area contributed by atoms with E-state index in [0.717, 1.165) is 11.4 Å². The molecule has 5 heteroatoms. The van der Waals surface area contributed by atoms with Crippen molar-refractivity contribution in [2.45, 2.75) is 20.0 Å². The summed E-state index contributed by atoms with van der Waals surface area (Å²) in [4.78, 5) is 11.8. The lowest BCUT2D eigenvalue weighted by molar-refractivity contribution is 0.0697. The summed E-state index contributed by atoms with van der Waals surface area (Å²) < 4.78 is 0. The number of nitrogens with one attached hydrogen (secondary N) is 1. The molecule has 0 radical (unpaired) electrons. The summed E-state index contributed by atoms with van der Waals surface area (Å²) in [6.45, 7) is 3.64. The van der Waals surface area contributed by atoms with Crippen LogP contribution in [0, 0.1) is 6.92 Å². The van der Waals surface area contributed by atoms with Crippen LogP contribution < -0.4 is 5.32 Å². The number of thiophene rings is 2. The van der Waals surface area contributed by atoms with Crippen molar-refractivity contribution in [3.05, 3.63) is 43.8 Å². The highest BCUT2D eigenvalue weighted by Gasteiger charge is 2.06. The van der Waals surface area contributed by atoms with E-state index in [4.69, 9.17) is 5.11 Å². The summed E-state index contributed by atoms with van der Waals surface area (Å²) >= 11 is 3.18. The van der Waals surface area contributed by atoms with Crippen LogP contribution in [0.15, 0.2) is 22.2 Å². The Hall–Kier alpha value is -1.17. The fourth-order valence-electron chi connectivity index (χ4n) is 1.47. The van der Waals surface area contributed by atoms with Crippen molar-refractivity contribution in [3.8, 4) is 0 Å². The molecule has 0 fully saturated rings. The molecule has 2 aromatic rings. The molecule has 2 aromatic heterocycles. The van der Waals surface area contributed by atoms with E-state index in [0.29, 0.717) is 12.1 Å². The first-order valence-electron chi connectivity index (χ1n) is 5.20. The maximum absolute atomic E-state index is 10.7. The van der Waals surface area contributed by atoms with Crippen molar-refractivity contribution >= 4 is 28.6 Å². The molecule has 0 spiro atoms. The minimum absolute atomic E-state index is 0.374. The van der Waals surface area contributed by atoms with Gasteiger partial charge >= 0.3 is 5.97 Å². The Balaban J connectivity index is 1.86. The highest BCUT2D eigenvalue weighted by atomic mass is 32.1. The maximum atomic E-state index is 10.7. The molecule has 0 aliphatic carbocycles. The third kappa shape index (κ3) is 3.15. The summed E-state index contributed by atoms with van der Waals surface area (Å²) in [5.41, 5.74) is 2.99. The molecule has 3 nitrogen and oxygen atoms in total. The predicted molar refractivity (Wildman–Crippen MR) is 70.9 cm³/mol. The monoisotopic (exact) mass is 267 g/mol. The van der Waals surface area contributed by atoms with Crippen LogP contribution in [-0.4, -0.2) is 11.1 Å². The van der Waals surface area contributed by atoms with Gasteiger partial charge in [-0.15, -0.1) is 11.3 Å². The number of rotatable bonds is 5. The summed E-state index contributed by atoms with van der Waals surface area (Å²) in [5.74, 6) is -0.860. The molecule has 0 bridgehead atoms. The normalized spacial score (nSPS) is 10.6. The van der Waals surface area contributed by atoms with Gasteiger partial charge in [-0.3, -0.25) is 0 Å². The van der Waals surface area contributed by atoms with Gasteiger partial charge in [-0.1, -0.05) is 0 Å². The van der Waals surface area contributed by atoms with E-state index < -0.39 is 5.97 Å². The van der Waals surface area contributed by atoms with Gasteiger partial charge in [-0.25, -0.2) is 4.79 Å². The molecule has 17 heavy (non-hydrogen) atoms. The Labute approximate surface area is 108 Å². The topological polar surface area (TPSA) is 49.3 Å². The minimum atomic E-state index is -0.860. The smallest absolute Gasteiger partial charge is 0.336 e. The molecule has 0 amide bonds. The van der Waals surface area contributed by atoms with Crippen molar-refractivity contribution in [2.24, 2.45) is 0 Å². The standard InChI is InChI=1S/C12H13NO2S2/c1-8-5-16-6-10(8)3-13-4-11-2-9(7-17-11)12(14)15/h2,5-7,13H,3-4H2,1H3,(H,14,15).